The predicted molar refractivity (Wildman–Crippen MR) is 184 cm³/mol. The largest absolute Gasteiger partial charge is 0.444 e. The maximum absolute atomic E-state index is 14.2. The molecule has 1 aromatic carbocycles. The smallest absolute Gasteiger partial charge is 0.410 e. The molecule has 0 spiro atoms. The van der Waals surface area contributed by atoms with Crippen LogP contribution in [-0.2, 0) is 14.3 Å². The Morgan fingerprint density at radius 3 is 2.17 bits per heavy atom. The minimum absolute atomic E-state index is 0.142. The van der Waals surface area contributed by atoms with Gasteiger partial charge in [0.2, 0.25) is 5.91 Å². The van der Waals surface area contributed by atoms with Gasteiger partial charge < -0.3 is 34.2 Å². The molecule has 12 heteroatoms. The monoisotopic (exact) mass is 682 g/mol. The minimum atomic E-state index is -0.541. The first kappa shape index (κ1) is 34.9. The van der Waals surface area contributed by atoms with Gasteiger partial charge in [-0.3, -0.25) is 4.79 Å². The number of hydrogen-bond donors (Lipinski definition) is 1. The van der Waals surface area contributed by atoms with Crippen LogP contribution in [0.4, 0.5) is 10.6 Å². The van der Waals surface area contributed by atoms with Gasteiger partial charge in [-0.2, -0.15) is 0 Å². The highest BCUT2D eigenvalue weighted by Crippen LogP contribution is 2.43. The van der Waals surface area contributed by atoms with Crippen LogP contribution in [-0.4, -0.2) is 118 Å². The number of fused-ring (bicyclic) bond motifs is 1. The summed E-state index contributed by atoms with van der Waals surface area (Å²) in [6.07, 6.45) is 5.24. The van der Waals surface area contributed by atoms with Gasteiger partial charge >= 0.3 is 6.09 Å². The second-order valence-electron chi connectivity index (χ2n) is 14.9. The summed E-state index contributed by atoms with van der Waals surface area (Å²) >= 11 is 6.24. The van der Waals surface area contributed by atoms with Crippen molar-refractivity contribution in [1.82, 2.24) is 24.7 Å². The zero-order chi connectivity index (χ0) is 34.0. The molecule has 262 valence electrons. The van der Waals surface area contributed by atoms with Crippen molar-refractivity contribution >= 4 is 29.4 Å². The van der Waals surface area contributed by atoms with Crippen LogP contribution in [0.15, 0.2) is 30.6 Å². The minimum Gasteiger partial charge on any atom is -0.444 e. The fourth-order valence-corrected chi connectivity index (χ4v) is 7.72. The Morgan fingerprint density at radius 1 is 0.917 bits per heavy atom. The molecule has 0 saturated carbocycles. The molecular weight excluding hydrogens is 632 g/mol. The molecule has 3 aliphatic heterocycles. The lowest BCUT2D eigenvalue weighted by molar-refractivity contribution is -0.133. The Bertz CT molecular complexity index is 1410. The molecule has 11 nitrogen and oxygen atoms in total. The number of ether oxygens (including phenoxy) is 2. The number of anilines is 1. The first-order valence-electron chi connectivity index (χ1n) is 17.6. The van der Waals surface area contributed by atoms with Crippen molar-refractivity contribution in [3.8, 4) is 0 Å². The van der Waals surface area contributed by atoms with Crippen LogP contribution in [0.3, 0.4) is 0 Å². The van der Waals surface area contributed by atoms with Crippen LogP contribution in [0.5, 0.6) is 0 Å². The van der Waals surface area contributed by atoms with Crippen LogP contribution in [0, 0.1) is 0 Å². The normalized spacial score (nSPS) is 23.7. The summed E-state index contributed by atoms with van der Waals surface area (Å²) in [7, 11) is 0. The number of piperidine rings is 2. The maximum Gasteiger partial charge on any atom is 0.410 e. The van der Waals surface area contributed by atoms with E-state index < -0.39 is 11.7 Å². The molecule has 3 saturated heterocycles. The van der Waals surface area contributed by atoms with E-state index in [0.717, 1.165) is 61.4 Å². The van der Waals surface area contributed by atoms with Crippen molar-refractivity contribution in [2.45, 2.75) is 95.5 Å². The Hall–Kier alpha value is -2.99. The van der Waals surface area contributed by atoms with Crippen LogP contribution < -0.4 is 4.90 Å². The average Bonchev–Trinajstić information content (AvgIpc) is 3.37. The molecule has 2 aromatic rings. The van der Waals surface area contributed by atoms with Gasteiger partial charge in [0, 0.05) is 69.5 Å². The molecule has 1 aromatic heterocycles. The van der Waals surface area contributed by atoms with E-state index in [0.29, 0.717) is 57.3 Å². The van der Waals surface area contributed by atoms with Crippen molar-refractivity contribution in [1.29, 1.82) is 0 Å². The fraction of sp³-hybridized carbons (Fsp3) is 0.667. The van der Waals surface area contributed by atoms with Gasteiger partial charge in [0.05, 0.1) is 29.9 Å². The summed E-state index contributed by atoms with van der Waals surface area (Å²) < 4.78 is 12.1. The first-order valence-corrected chi connectivity index (χ1v) is 18.0. The molecule has 3 fully saturated rings. The number of amides is 2. The van der Waals surface area contributed by atoms with E-state index in [1.54, 1.807) is 11.2 Å². The fourth-order valence-electron chi connectivity index (χ4n) is 7.59. The second kappa shape index (κ2) is 14.9. The van der Waals surface area contributed by atoms with Crippen molar-refractivity contribution < 1.29 is 24.2 Å². The number of aromatic nitrogens is 2. The lowest BCUT2D eigenvalue weighted by Gasteiger charge is -2.40. The standard InChI is InChI=1S/C36H51ClN6O5/c1-24-21-30(44)32-31(24)33(39-23-38-32)41-17-19-42(20-18-41)34(45)29(25-5-7-26(37)8-6-25)22-40-13-9-27(10-14-40)47-28-11-15-43(16-12-28)35(46)48-36(2,3)4/h5-8,23-24,27-30,44H,9-22H2,1-4H3/t24-,29-,30-/m1/s1. The third-order valence-electron chi connectivity index (χ3n) is 10.2. The van der Waals surface area contributed by atoms with Gasteiger partial charge in [-0.15, -0.1) is 0 Å². The number of halogens is 1. The third kappa shape index (κ3) is 8.23. The SMILES string of the molecule is C[C@@H]1C[C@@H](O)c2ncnc(N3CCN(C(=O)[C@H](CN4CCC(OC5CCN(C(=O)OC(C)(C)C)CC5)CC4)c4ccc(Cl)cc4)CC3)c21. The molecule has 0 unspecified atom stereocenters. The summed E-state index contributed by atoms with van der Waals surface area (Å²) in [5, 5.41) is 11.1. The van der Waals surface area contributed by atoms with E-state index in [1.165, 1.54) is 0 Å². The van der Waals surface area contributed by atoms with Gasteiger partial charge in [-0.25, -0.2) is 14.8 Å². The topological polar surface area (TPSA) is 112 Å². The molecule has 0 radical (unpaired) electrons. The number of aliphatic hydroxyl groups is 1. The van der Waals surface area contributed by atoms with Crippen LogP contribution in [0.1, 0.15) is 94.6 Å². The lowest BCUT2D eigenvalue weighted by atomic mass is 9.95. The van der Waals surface area contributed by atoms with Crippen LogP contribution in [0.2, 0.25) is 5.02 Å². The van der Waals surface area contributed by atoms with Crippen molar-refractivity contribution in [2.75, 3.05) is 63.8 Å². The first-order chi connectivity index (χ1) is 22.9. The van der Waals surface area contributed by atoms with E-state index in [2.05, 4.69) is 26.7 Å². The van der Waals surface area contributed by atoms with E-state index in [4.69, 9.17) is 21.1 Å². The number of hydrogen-bond acceptors (Lipinski definition) is 9. The molecule has 1 N–H and O–H groups in total. The van der Waals surface area contributed by atoms with Gasteiger partial charge in [-0.05, 0) is 76.5 Å². The van der Waals surface area contributed by atoms with E-state index >= 15 is 0 Å². The number of aliphatic hydroxyl groups excluding tert-OH is 1. The Morgan fingerprint density at radius 2 is 1.54 bits per heavy atom. The number of carbonyl (C=O) groups is 2. The highest BCUT2D eigenvalue weighted by molar-refractivity contribution is 6.30. The summed E-state index contributed by atoms with van der Waals surface area (Å²) in [6, 6.07) is 7.71. The molecule has 48 heavy (non-hydrogen) atoms. The lowest BCUT2D eigenvalue weighted by Crippen LogP contribution is -2.52. The molecule has 0 bridgehead atoms. The molecule has 1 aliphatic carbocycles. The maximum atomic E-state index is 14.2. The van der Waals surface area contributed by atoms with E-state index in [1.807, 2.05) is 49.9 Å². The van der Waals surface area contributed by atoms with Crippen molar-refractivity contribution in [3.05, 3.63) is 52.4 Å². The highest BCUT2D eigenvalue weighted by atomic mass is 35.5. The zero-order valence-corrected chi connectivity index (χ0v) is 29.6. The molecule has 4 heterocycles. The zero-order valence-electron chi connectivity index (χ0n) is 28.8. The number of rotatable bonds is 7. The Labute approximate surface area is 289 Å². The quantitative estimate of drug-likeness (QED) is 0.432. The number of piperazine rings is 1. The molecule has 2 amide bonds. The Kier molecular flexibility index (Phi) is 10.8. The summed E-state index contributed by atoms with van der Waals surface area (Å²) in [5.74, 6) is 0.946. The van der Waals surface area contributed by atoms with Crippen LogP contribution >= 0.6 is 11.6 Å². The molecular formula is C36H51ClN6O5. The number of benzene rings is 1. The summed E-state index contributed by atoms with van der Waals surface area (Å²) in [4.78, 5) is 44.0. The van der Waals surface area contributed by atoms with E-state index in [9.17, 15) is 14.7 Å². The van der Waals surface area contributed by atoms with Crippen molar-refractivity contribution in [3.63, 3.8) is 0 Å². The van der Waals surface area contributed by atoms with Crippen LogP contribution in [0.25, 0.3) is 0 Å². The van der Waals surface area contributed by atoms with Gasteiger partial charge in [-0.1, -0.05) is 30.7 Å². The van der Waals surface area contributed by atoms with Gasteiger partial charge in [0.15, 0.2) is 0 Å². The molecule has 4 aliphatic rings. The second-order valence-corrected chi connectivity index (χ2v) is 15.3. The van der Waals surface area contributed by atoms with Gasteiger partial charge in [0.25, 0.3) is 0 Å². The highest BCUT2D eigenvalue weighted by Gasteiger charge is 2.36. The van der Waals surface area contributed by atoms with Gasteiger partial charge in [0.1, 0.15) is 17.7 Å². The van der Waals surface area contributed by atoms with E-state index in [-0.39, 0.29) is 36.0 Å². The number of carbonyl (C=O) groups excluding carboxylic acids is 2. The number of likely N-dealkylation sites (tertiary alicyclic amines) is 2. The molecule has 3 atom stereocenters. The predicted octanol–water partition coefficient (Wildman–Crippen LogP) is 4.98. The Balaban J connectivity index is 1.02. The number of nitrogens with zero attached hydrogens (tertiary/aromatic N) is 6. The van der Waals surface area contributed by atoms with Crippen molar-refractivity contribution in [2.24, 2.45) is 0 Å². The third-order valence-corrected chi connectivity index (χ3v) is 10.4. The average molecular weight is 683 g/mol. The summed E-state index contributed by atoms with van der Waals surface area (Å²) in [5.41, 5.74) is 2.28. The molecule has 6 rings (SSSR count). The summed E-state index contributed by atoms with van der Waals surface area (Å²) in [6.45, 7) is 14.1.